The van der Waals surface area contributed by atoms with E-state index in [0.717, 1.165) is 50.8 Å². The summed E-state index contributed by atoms with van der Waals surface area (Å²) >= 11 is 0. The molecule has 1 N–H and O–H groups in total. The third-order valence-corrected chi connectivity index (χ3v) is 5.61. The summed E-state index contributed by atoms with van der Waals surface area (Å²) in [6.07, 6.45) is 0. The lowest BCUT2D eigenvalue weighted by atomic mass is 9.98. The van der Waals surface area contributed by atoms with Crippen molar-refractivity contribution in [3.05, 3.63) is 48.0 Å². The normalized spacial score (nSPS) is 16.7. The second-order valence-electron chi connectivity index (χ2n) is 7.55. The fourth-order valence-electron chi connectivity index (χ4n) is 3.76. The van der Waals surface area contributed by atoms with Crippen LogP contribution in [0.15, 0.2) is 42.5 Å². The molecule has 28 heavy (non-hydrogen) atoms. The molecular formula is C23H33N3O2. The van der Waals surface area contributed by atoms with E-state index in [1.54, 1.807) is 14.2 Å². The Kier molecular flexibility index (Phi) is 7.31. The molecule has 0 saturated carbocycles. The predicted octanol–water partition coefficient (Wildman–Crippen LogP) is 3.10. The first kappa shape index (κ1) is 20.6. The second kappa shape index (κ2) is 9.92. The maximum absolute atomic E-state index is 5.53. The molecule has 5 nitrogen and oxygen atoms in total. The van der Waals surface area contributed by atoms with Crippen LogP contribution in [0.4, 0.5) is 0 Å². The fourth-order valence-corrected chi connectivity index (χ4v) is 3.76. The summed E-state index contributed by atoms with van der Waals surface area (Å²) in [5, 5.41) is 3.66. The number of hydrogen-bond acceptors (Lipinski definition) is 5. The largest absolute Gasteiger partial charge is 0.493 e. The number of nitrogens with one attached hydrogen (secondary N) is 1. The van der Waals surface area contributed by atoms with Crippen LogP contribution < -0.4 is 14.8 Å². The molecule has 0 spiro atoms. The van der Waals surface area contributed by atoms with Crippen molar-refractivity contribution in [1.82, 2.24) is 15.1 Å². The molecule has 1 saturated heterocycles. The lowest BCUT2D eigenvalue weighted by molar-refractivity contribution is 0.118. The molecule has 0 bridgehead atoms. The number of ether oxygens (including phenoxy) is 2. The third kappa shape index (κ3) is 5.04. The molecule has 152 valence electrons. The van der Waals surface area contributed by atoms with Gasteiger partial charge in [-0.3, -0.25) is 4.90 Å². The van der Waals surface area contributed by atoms with Crippen molar-refractivity contribution in [2.24, 2.45) is 0 Å². The molecule has 1 fully saturated rings. The molecule has 1 unspecified atom stereocenters. The van der Waals surface area contributed by atoms with Crippen molar-refractivity contribution in [2.75, 3.05) is 54.0 Å². The van der Waals surface area contributed by atoms with Crippen molar-refractivity contribution in [3.8, 4) is 22.6 Å². The van der Waals surface area contributed by atoms with Crippen LogP contribution in [0.25, 0.3) is 11.1 Å². The van der Waals surface area contributed by atoms with E-state index >= 15 is 0 Å². The van der Waals surface area contributed by atoms with Gasteiger partial charge in [-0.15, -0.1) is 0 Å². The topological polar surface area (TPSA) is 37.0 Å². The third-order valence-electron chi connectivity index (χ3n) is 5.61. The zero-order chi connectivity index (χ0) is 19.9. The van der Waals surface area contributed by atoms with E-state index < -0.39 is 0 Å². The van der Waals surface area contributed by atoms with Gasteiger partial charge in [0.25, 0.3) is 0 Å². The predicted molar refractivity (Wildman–Crippen MR) is 115 cm³/mol. The first-order valence-electron chi connectivity index (χ1n) is 10.1. The minimum Gasteiger partial charge on any atom is -0.493 e. The van der Waals surface area contributed by atoms with Crippen LogP contribution in [-0.2, 0) is 6.54 Å². The lowest BCUT2D eigenvalue weighted by Gasteiger charge is -2.36. The molecule has 0 amide bonds. The van der Waals surface area contributed by atoms with Crippen LogP contribution in [0.1, 0.15) is 12.5 Å². The van der Waals surface area contributed by atoms with Gasteiger partial charge in [0.1, 0.15) is 0 Å². The number of methoxy groups -OCH3 is 2. The van der Waals surface area contributed by atoms with Crippen LogP contribution >= 0.6 is 0 Å². The molecule has 1 heterocycles. The molecular weight excluding hydrogens is 350 g/mol. The summed E-state index contributed by atoms with van der Waals surface area (Å²) in [5.41, 5.74) is 3.58. The monoisotopic (exact) mass is 383 g/mol. The Balaban J connectivity index is 1.71. The molecule has 5 heteroatoms. The molecule has 3 rings (SSSR count). The Hall–Kier alpha value is -2.08. The summed E-state index contributed by atoms with van der Waals surface area (Å²) in [4.78, 5) is 4.96. The Labute approximate surface area is 169 Å². The van der Waals surface area contributed by atoms with E-state index in [2.05, 4.69) is 65.5 Å². The summed E-state index contributed by atoms with van der Waals surface area (Å²) in [5.74, 6) is 1.53. The van der Waals surface area contributed by atoms with Crippen molar-refractivity contribution in [1.29, 1.82) is 0 Å². The Morgan fingerprint density at radius 3 is 2.25 bits per heavy atom. The number of nitrogens with zero attached hydrogens (tertiary/aromatic N) is 2. The Bertz CT molecular complexity index is 743. The number of benzene rings is 2. The average Bonchev–Trinajstić information content (AvgIpc) is 2.74. The van der Waals surface area contributed by atoms with Gasteiger partial charge in [0.2, 0.25) is 0 Å². The van der Waals surface area contributed by atoms with E-state index in [-0.39, 0.29) is 0 Å². The maximum atomic E-state index is 5.53. The number of likely N-dealkylation sites (N-methyl/N-ethyl adjacent to an activating group) is 1. The van der Waals surface area contributed by atoms with Gasteiger partial charge in [0, 0.05) is 45.3 Å². The highest BCUT2D eigenvalue weighted by atomic mass is 16.5. The first-order valence-corrected chi connectivity index (χ1v) is 10.1. The zero-order valence-corrected chi connectivity index (χ0v) is 17.6. The van der Waals surface area contributed by atoms with Crippen LogP contribution in [0.5, 0.6) is 11.5 Å². The molecule has 0 radical (unpaired) electrons. The summed E-state index contributed by atoms with van der Waals surface area (Å²) in [7, 11) is 5.57. The smallest absolute Gasteiger partial charge is 0.161 e. The number of rotatable bonds is 8. The summed E-state index contributed by atoms with van der Waals surface area (Å²) < 4.78 is 11.1. The van der Waals surface area contributed by atoms with E-state index in [1.807, 2.05) is 6.07 Å². The summed E-state index contributed by atoms with van der Waals surface area (Å²) in [6, 6.07) is 15.1. The Morgan fingerprint density at radius 1 is 0.964 bits per heavy atom. The quantitative estimate of drug-likeness (QED) is 0.758. The van der Waals surface area contributed by atoms with Crippen molar-refractivity contribution in [3.63, 3.8) is 0 Å². The lowest BCUT2D eigenvalue weighted by Crippen LogP contribution is -2.50. The van der Waals surface area contributed by atoms with Gasteiger partial charge < -0.3 is 19.7 Å². The average molecular weight is 384 g/mol. The summed E-state index contributed by atoms with van der Waals surface area (Å²) in [6.45, 7) is 8.66. The van der Waals surface area contributed by atoms with Gasteiger partial charge in [-0.1, -0.05) is 30.3 Å². The van der Waals surface area contributed by atoms with Gasteiger partial charge in [-0.25, -0.2) is 0 Å². The van der Waals surface area contributed by atoms with Crippen LogP contribution in [-0.4, -0.2) is 69.8 Å². The maximum Gasteiger partial charge on any atom is 0.161 e. The number of hydrogen-bond donors (Lipinski definition) is 1. The molecule has 0 aliphatic carbocycles. The van der Waals surface area contributed by atoms with Crippen LogP contribution in [0.2, 0.25) is 0 Å². The van der Waals surface area contributed by atoms with Gasteiger partial charge >= 0.3 is 0 Å². The van der Waals surface area contributed by atoms with E-state index in [9.17, 15) is 0 Å². The van der Waals surface area contributed by atoms with E-state index in [1.165, 1.54) is 16.7 Å². The SMILES string of the molecule is COc1cc(CNCC(C)N2CCN(C)CC2)c(-c2ccccc2)cc1OC. The molecule has 0 aromatic heterocycles. The minimum atomic E-state index is 0.522. The van der Waals surface area contributed by atoms with Crippen LogP contribution in [0.3, 0.4) is 0 Å². The van der Waals surface area contributed by atoms with Crippen LogP contribution in [0, 0.1) is 0 Å². The zero-order valence-electron chi connectivity index (χ0n) is 17.6. The van der Waals surface area contributed by atoms with Gasteiger partial charge in [-0.2, -0.15) is 0 Å². The Morgan fingerprint density at radius 2 is 1.61 bits per heavy atom. The van der Waals surface area contributed by atoms with Crippen molar-refractivity contribution in [2.45, 2.75) is 19.5 Å². The number of piperazine rings is 1. The minimum absolute atomic E-state index is 0.522. The molecule has 1 aliphatic rings. The molecule has 1 atom stereocenters. The van der Waals surface area contributed by atoms with Crippen molar-refractivity contribution < 1.29 is 9.47 Å². The van der Waals surface area contributed by atoms with Gasteiger partial charge in [0.15, 0.2) is 11.5 Å². The standard InChI is InChI=1S/C23H33N3O2/c1-18(26-12-10-25(2)11-13-26)16-24-17-20-14-22(27-3)23(28-4)15-21(20)19-8-6-5-7-9-19/h5-9,14-15,18,24H,10-13,16-17H2,1-4H3. The highest BCUT2D eigenvalue weighted by Gasteiger charge is 2.19. The van der Waals surface area contributed by atoms with Gasteiger partial charge in [-0.05, 0) is 42.8 Å². The molecule has 1 aliphatic heterocycles. The second-order valence-corrected chi connectivity index (χ2v) is 7.55. The molecule has 2 aromatic carbocycles. The van der Waals surface area contributed by atoms with Gasteiger partial charge in [0.05, 0.1) is 14.2 Å². The fraction of sp³-hybridized carbons (Fsp3) is 0.478. The van der Waals surface area contributed by atoms with E-state index in [4.69, 9.17) is 9.47 Å². The van der Waals surface area contributed by atoms with E-state index in [0.29, 0.717) is 6.04 Å². The van der Waals surface area contributed by atoms with Crippen molar-refractivity contribution >= 4 is 0 Å². The first-order chi connectivity index (χ1) is 13.6. The molecule has 2 aromatic rings. The highest BCUT2D eigenvalue weighted by molar-refractivity contribution is 5.71. The highest BCUT2D eigenvalue weighted by Crippen LogP contribution is 2.35.